The van der Waals surface area contributed by atoms with Gasteiger partial charge in [-0.2, -0.15) is 5.10 Å². The van der Waals surface area contributed by atoms with Crippen molar-refractivity contribution >= 4 is 6.21 Å². The molecule has 2 rings (SSSR count). The molecule has 0 aliphatic carbocycles. The van der Waals surface area contributed by atoms with E-state index in [2.05, 4.69) is 28.2 Å². The number of aryl methyl sites for hydroxylation is 1. The summed E-state index contributed by atoms with van der Waals surface area (Å²) >= 11 is 0. The van der Waals surface area contributed by atoms with Crippen LogP contribution in [0.1, 0.15) is 11.3 Å². The summed E-state index contributed by atoms with van der Waals surface area (Å²) in [5, 5.41) is 16.4. The number of benzene rings is 1. The van der Waals surface area contributed by atoms with Gasteiger partial charge in [-0.1, -0.05) is 24.3 Å². The number of nitrogens with zero attached hydrogens (tertiary/aromatic N) is 5. The first-order chi connectivity index (χ1) is 10.2. The van der Waals surface area contributed by atoms with Crippen LogP contribution in [0, 0.1) is 36.4 Å². The number of halogens is 1. The third kappa shape index (κ3) is 5.05. The lowest BCUT2D eigenvalue weighted by atomic mass is 10.1. The van der Waals surface area contributed by atoms with E-state index < -0.39 is 5.82 Å². The van der Waals surface area contributed by atoms with Crippen molar-refractivity contribution in [2.75, 3.05) is 0 Å². The highest BCUT2D eigenvalue weighted by molar-refractivity contribution is 5.80. The van der Waals surface area contributed by atoms with Crippen molar-refractivity contribution in [3.05, 3.63) is 47.5 Å². The molecule has 0 aliphatic heterocycles. The lowest BCUT2D eigenvalue weighted by Crippen LogP contribution is -1.95. The van der Waals surface area contributed by atoms with Crippen molar-refractivity contribution < 1.29 is 4.39 Å². The van der Waals surface area contributed by atoms with E-state index in [0.717, 1.165) is 11.1 Å². The lowest BCUT2D eigenvalue weighted by molar-refractivity contribution is 0.602. The molecule has 0 bridgehead atoms. The van der Waals surface area contributed by atoms with Crippen molar-refractivity contribution in [3.8, 4) is 24.5 Å². The SMILES string of the molecule is C#N.C#N.Cc1nc(-c2ccc(C=NN)cc2)ncc1F. The van der Waals surface area contributed by atoms with Crippen LogP contribution in [0.2, 0.25) is 0 Å². The summed E-state index contributed by atoms with van der Waals surface area (Å²) in [7, 11) is 0. The first-order valence-corrected chi connectivity index (χ1v) is 5.55. The maximum atomic E-state index is 13.0. The number of hydrogen-bond acceptors (Lipinski definition) is 6. The van der Waals surface area contributed by atoms with Gasteiger partial charge in [0.2, 0.25) is 0 Å². The standard InChI is InChI=1S/C12H11FN4.2CHN/c1-8-11(13)7-15-12(17-8)10-4-2-9(3-5-10)6-16-14;2*1-2/h2-7H,14H2,1H3;2*1H. The number of nitriles is 2. The van der Waals surface area contributed by atoms with Crippen LogP contribution < -0.4 is 5.84 Å². The second kappa shape index (κ2) is 9.59. The number of hydrazone groups is 1. The van der Waals surface area contributed by atoms with E-state index >= 15 is 0 Å². The zero-order valence-corrected chi connectivity index (χ0v) is 11.3. The van der Waals surface area contributed by atoms with Gasteiger partial charge in [0.1, 0.15) is 0 Å². The molecule has 0 radical (unpaired) electrons. The fourth-order valence-corrected chi connectivity index (χ4v) is 1.40. The summed E-state index contributed by atoms with van der Waals surface area (Å²) in [6, 6.07) is 7.36. The Morgan fingerprint density at radius 1 is 1.19 bits per heavy atom. The lowest BCUT2D eigenvalue weighted by Gasteiger charge is -2.02. The van der Waals surface area contributed by atoms with Crippen LogP contribution in [0.5, 0.6) is 0 Å². The average Bonchev–Trinajstić information content (AvgIpc) is 2.55. The highest BCUT2D eigenvalue weighted by atomic mass is 19.1. The zero-order valence-electron chi connectivity index (χ0n) is 11.3. The Labute approximate surface area is 122 Å². The smallest absolute Gasteiger partial charge is 0.162 e. The largest absolute Gasteiger partial charge is 0.323 e. The van der Waals surface area contributed by atoms with Crippen LogP contribution in [0.4, 0.5) is 4.39 Å². The molecule has 0 fully saturated rings. The van der Waals surface area contributed by atoms with E-state index in [1.165, 1.54) is 6.20 Å². The molecule has 1 aromatic heterocycles. The van der Waals surface area contributed by atoms with Gasteiger partial charge >= 0.3 is 0 Å². The van der Waals surface area contributed by atoms with Gasteiger partial charge in [0.05, 0.1) is 18.1 Å². The third-order valence-electron chi connectivity index (χ3n) is 2.31. The van der Waals surface area contributed by atoms with Crippen LogP contribution in [-0.2, 0) is 0 Å². The Morgan fingerprint density at radius 3 is 2.24 bits per heavy atom. The highest BCUT2D eigenvalue weighted by Gasteiger charge is 2.04. The minimum absolute atomic E-state index is 0.336. The van der Waals surface area contributed by atoms with Gasteiger partial charge in [-0.15, -0.1) is 0 Å². The molecule has 0 atom stereocenters. The minimum atomic E-state index is -0.402. The van der Waals surface area contributed by atoms with Gasteiger partial charge in [-0.05, 0) is 12.5 Å². The predicted octanol–water partition coefficient (Wildman–Crippen LogP) is 2.16. The molecule has 1 heterocycles. The quantitative estimate of drug-likeness (QED) is 0.516. The average molecular weight is 284 g/mol. The fourth-order valence-electron chi connectivity index (χ4n) is 1.40. The van der Waals surface area contributed by atoms with E-state index in [0.29, 0.717) is 11.5 Å². The highest BCUT2D eigenvalue weighted by Crippen LogP contribution is 2.16. The summed E-state index contributed by atoms with van der Waals surface area (Å²) in [4.78, 5) is 8.01. The topological polar surface area (TPSA) is 112 Å². The molecule has 0 unspecified atom stereocenters. The molecule has 106 valence electrons. The Morgan fingerprint density at radius 2 is 1.76 bits per heavy atom. The minimum Gasteiger partial charge on any atom is -0.323 e. The van der Waals surface area contributed by atoms with Crippen LogP contribution in [0.3, 0.4) is 0 Å². The van der Waals surface area contributed by atoms with Crippen molar-refractivity contribution in [2.24, 2.45) is 10.9 Å². The Kier molecular flexibility index (Phi) is 8.07. The second-order valence-electron chi connectivity index (χ2n) is 3.53. The molecule has 0 saturated carbocycles. The van der Waals surface area contributed by atoms with E-state index in [1.54, 1.807) is 13.1 Å². The van der Waals surface area contributed by atoms with Crippen molar-refractivity contribution in [3.63, 3.8) is 0 Å². The first kappa shape index (κ1) is 17.7. The molecule has 6 nitrogen and oxygen atoms in total. The van der Waals surface area contributed by atoms with E-state index in [9.17, 15) is 4.39 Å². The molecule has 0 aliphatic rings. The van der Waals surface area contributed by atoms with Crippen molar-refractivity contribution in [1.29, 1.82) is 10.5 Å². The molecule has 0 spiro atoms. The summed E-state index contributed by atoms with van der Waals surface area (Å²) in [6.07, 6.45) is 2.72. The van der Waals surface area contributed by atoms with E-state index in [1.807, 2.05) is 24.3 Å². The van der Waals surface area contributed by atoms with Crippen molar-refractivity contribution in [1.82, 2.24) is 9.97 Å². The monoisotopic (exact) mass is 284 g/mol. The van der Waals surface area contributed by atoms with E-state index in [4.69, 9.17) is 16.4 Å². The van der Waals surface area contributed by atoms with E-state index in [-0.39, 0.29) is 0 Å². The van der Waals surface area contributed by atoms with Gasteiger partial charge in [0.15, 0.2) is 11.6 Å². The summed E-state index contributed by atoms with van der Waals surface area (Å²) in [5.74, 6) is 5.15. The second-order valence-corrected chi connectivity index (χ2v) is 3.53. The molecule has 0 amide bonds. The molecule has 2 aromatic rings. The predicted molar refractivity (Wildman–Crippen MR) is 77.3 cm³/mol. The first-order valence-electron chi connectivity index (χ1n) is 5.55. The Bertz CT molecular complexity index is 625. The zero-order chi connectivity index (χ0) is 16.3. The molecular formula is C14H13FN6. The van der Waals surface area contributed by atoms with Crippen LogP contribution in [-0.4, -0.2) is 16.2 Å². The van der Waals surface area contributed by atoms with Crippen LogP contribution in [0.15, 0.2) is 35.6 Å². The molecule has 2 N–H and O–H groups in total. The van der Waals surface area contributed by atoms with Crippen LogP contribution >= 0.6 is 0 Å². The summed E-state index contributed by atoms with van der Waals surface area (Å²) in [6.45, 7) is 8.61. The van der Waals surface area contributed by atoms with Gasteiger partial charge in [0, 0.05) is 18.7 Å². The van der Waals surface area contributed by atoms with Gasteiger partial charge in [0.25, 0.3) is 0 Å². The molecule has 7 heteroatoms. The van der Waals surface area contributed by atoms with Crippen molar-refractivity contribution in [2.45, 2.75) is 6.92 Å². The number of hydrogen-bond donors (Lipinski definition) is 1. The Hall–Kier alpha value is -3.32. The third-order valence-corrected chi connectivity index (χ3v) is 2.31. The van der Waals surface area contributed by atoms with Gasteiger partial charge < -0.3 is 5.84 Å². The number of rotatable bonds is 2. The summed E-state index contributed by atoms with van der Waals surface area (Å²) in [5.41, 5.74) is 2.04. The Balaban J connectivity index is 0.000000921. The molecule has 1 aromatic carbocycles. The fraction of sp³-hybridized carbons (Fsp3) is 0.0714. The van der Waals surface area contributed by atoms with Gasteiger partial charge in [-0.25, -0.2) is 24.9 Å². The normalized spacial score (nSPS) is 9.05. The molecular weight excluding hydrogens is 271 g/mol. The van der Waals surface area contributed by atoms with Crippen LogP contribution in [0.25, 0.3) is 11.4 Å². The maximum absolute atomic E-state index is 13.0. The molecule has 21 heavy (non-hydrogen) atoms. The number of aromatic nitrogens is 2. The number of nitrogens with two attached hydrogens (primary N) is 1. The maximum Gasteiger partial charge on any atom is 0.162 e. The van der Waals surface area contributed by atoms with Gasteiger partial charge in [-0.3, -0.25) is 0 Å². The summed E-state index contributed by atoms with van der Waals surface area (Å²) < 4.78 is 13.0. The molecule has 0 saturated heterocycles.